The maximum Gasteiger partial charge on any atom is 0.326 e. The largest absolute Gasteiger partial charge is 0.480 e. The first-order valence-electron chi connectivity index (χ1n) is 8.26. The summed E-state index contributed by atoms with van der Waals surface area (Å²) in [6.45, 7) is 5.33. The Bertz CT molecular complexity index is 391. The first-order valence-corrected chi connectivity index (χ1v) is 8.26. The van der Waals surface area contributed by atoms with Crippen LogP contribution in [-0.2, 0) is 4.79 Å². The van der Waals surface area contributed by atoms with Gasteiger partial charge in [-0.05, 0) is 43.4 Å². The van der Waals surface area contributed by atoms with E-state index in [1.54, 1.807) is 0 Å². The van der Waals surface area contributed by atoms with E-state index in [9.17, 15) is 14.7 Å². The summed E-state index contributed by atoms with van der Waals surface area (Å²) >= 11 is 0. The number of hydrogen-bond acceptors (Lipinski definition) is 2. The van der Waals surface area contributed by atoms with Crippen LogP contribution in [0.2, 0.25) is 0 Å². The SMILES string of the molecule is CCC1(CNC(=O)N2CCCC(C)C2C(=O)O)CCCC1. The van der Waals surface area contributed by atoms with Gasteiger partial charge in [-0.1, -0.05) is 26.7 Å². The molecule has 2 amide bonds. The molecule has 0 aromatic heterocycles. The smallest absolute Gasteiger partial charge is 0.326 e. The van der Waals surface area contributed by atoms with Gasteiger partial charge in [0.25, 0.3) is 0 Å². The lowest BCUT2D eigenvalue weighted by atomic mass is 9.83. The number of carbonyl (C=O) groups is 2. The summed E-state index contributed by atoms with van der Waals surface area (Å²) in [5, 5.41) is 12.4. The minimum absolute atomic E-state index is 0.0219. The number of hydrogen-bond donors (Lipinski definition) is 2. The number of likely N-dealkylation sites (tertiary alicyclic amines) is 1. The molecule has 21 heavy (non-hydrogen) atoms. The molecule has 0 spiro atoms. The molecule has 2 unspecified atom stereocenters. The van der Waals surface area contributed by atoms with Gasteiger partial charge in [-0.25, -0.2) is 9.59 Å². The highest BCUT2D eigenvalue weighted by molar-refractivity contribution is 5.83. The zero-order chi connectivity index (χ0) is 15.5. The van der Waals surface area contributed by atoms with Crippen molar-refractivity contribution in [1.82, 2.24) is 10.2 Å². The van der Waals surface area contributed by atoms with E-state index in [0.29, 0.717) is 13.1 Å². The average molecular weight is 296 g/mol. The Hall–Kier alpha value is -1.26. The minimum atomic E-state index is -0.886. The summed E-state index contributed by atoms with van der Waals surface area (Å²) in [4.78, 5) is 25.4. The molecular formula is C16H28N2O3. The van der Waals surface area contributed by atoms with Gasteiger partial charge in [-0.2, -0.15) is 0 Å². The molecule has 1 saturated carbocycles. The number of aliphatic carboxylic acids is 1. The zero-order valence-corrected chi connectivity index (χ0v) is 13.2. The molecule has 0 bridgehead atoms. The van der Waals surface area contributed by atoms with Crippen LogP contribution < -0.4 is 5.32 Å². The molecule has 1 aliphatic heterocycles. The van der Waals surface area contributed by atoms with Gasteiger partial charge in [0.15, 0.2) is 0 Å². The molecule has 1 aliphatic carbocycles. The fourth-order valence-electron chi connectivity index (χ4n) is 3.94. The van der Waals surface area contributed by atoms with E-state index in [1.165, 1.54) is 30.6 Å². The van der Waals surface area contributed by atoms with Gasteiger partial charge in [0.05, 0.1) is 0 Å². The van der Waals surface area contributed by atoms with Gasteiger partial charge in [0, 0.05) is 13.1 Å². The molecule has 0 radical (unpaired) electrons. The second kappa shape index (κ2) is 6.67. The van der Waals surface area contributed by atoms with Crippen molar-refractivity contribution in [3.8, 4) is 0 Å². The second-order valence-corrected chi connectivity index (χ2v) is 6.82. The number of nitrogens with one attached hydrogen (secondary N) is 1. The highest BCUT2D eigenvalue weighted by Crippen LogP contribution is 2.40. The fraction of sp³-hybridized carbons (Fsp3) is 0.875. The van der Waals surface area contributed by atoms with Crippen LogP contribution in [-0.4, -0.2) is 41.1 Å². The number of urea groups is 1. The molecule has 1 heterocycles. The molecule has 2 aliphatic rings. The first kappa shape index (κ1) is 16.1. The van der Waals surface area contributed by atoms with Crippen molar-refractivity contribution in [2.45, 2.75) is 64.8 Å². The van der Waals surface area contributed by atoms with E-state index in [2.05, 4.69) is 12.2 Å². The second-order valence-electron chi connectivity index (χ2n) is 6.82. The lowest BCUT2D eigenvalue weighted by Crippen LogP contribution is -2.56. The standard InChI is InChI=1S/C16H28N2O3/c1-3-16(8-4-5-9-16)11-17-15(21)18-10-6-7-12(2)13(18)14(19)20/h12-13H,3-11H2,1-2H3,(H,17,21)(H,19,20). The predicted molar refractivity (Wildman–Crippen MR) is 81.1 cm³/mol. The minimum Gasteiger partial charge on any atom is -0.480 e. The summed E-state index contributed by atoms with van der Waals surface area (Å²) in [6, 6.07) is -0.881. The Balaban J connectivity index is 1.96. The number of amides is 2. The molecule has 2 N–H and O–H groups in total. The fourth-order valence-corrected chi connectivity index (χ4v) is 3.94. The Morgan fingerprint density at radius 2 is 1.95 bits per heavy atom. The summed E-state index contributed by atoms with van der Waals surface area (Å²) < 4.78 is 0. The molecule has 0 aromatic rings. The van der Waals surface area contributed by atoms with E-state index < -0.39 is 12.0 Å². The lowest BCUT2D eigenvalue weighted by molar-refractivity contribution is -0.145. The van der Waals surface area contributed by atoms with E-state index in [4.69, 9.17) is 0 Å². The van der Waals surface area contributed by atoms with Crippen molar-refractivity contribution in [2.24, 2.45) is 11.3 Å². The molecule has 5 nitrogen and oxygen atoms in total. The maximum atomic E-state index is 12.4. The van der Waals surface area contributed by atoms with Crippen LogP contribution in [0.5, 0.6) is 0 Å². The van der Waals surface area contributed by atoms with Crippen molar-refractivity contribution >= 4 is 12.0 Å². The van der Waals surface area contributed by atoms with Gasteiger partial charge in [-0.15, -0.1) is 0 Å². The number of nitrogens with zero attached hydrogens (tertiary/aromatic N) is 1. The van der Waals surface area contributed by atoms with Gasteiger partial charge in [0.2, 0.25) is 0 Å². The molecule has 0 aromatic carbocycles. The Kier molecular flexibility index (Phi) is 5.12. The van der Waals surface area contributed by atoms with Gasteiger partial charge in [-0.3, -0.25) is 0 Å². The van der Waals surface area contributed by atoms with Crippen molar-refractivity contribution < 1.29 is 14.7 Å². The van der Waals surface area contributed by atoms with Crippen LogP contribution in [0.3, 0.4) is 0 Å². The molecular weight excluding hydrogens is 268 g/mol. The molecule has 120 valence electrons. The van der Waals surface area contributed by atoms with Gasteiger partial charge < -0.3 is 15.3 Å². The quantitative estimate of drug-likeness (QED) is 0.838. The van der Waals surface area contributed by atoms with Crippen molar-refractivity contribution in [3.63, 3.8) is 0 Å². The Labute approximate surface area is 127 Å². The molecule has 2 atom stereocenters. The monoisotopic (exact) mass is 296 g/mol. The van der Waals surface area contributed by atoms with E-state index in [-0.39, 0.29) is 17.4 Å². The Morgan fingerprint density at radius 3 is 2.52 bits per heavy atom. The number of piperidine rings is 1. The third-order valence-electron chi connectivity index (χ3n) is 5.48. The van der Waals surface area contributed by atoms with E-state index >= 15 is 0 Å². The third kappa shape index (κ3) is 3.50. The summed E-state index contributed by atoms with van der Waals surface area (Å²) in [7, 11) is 0. The van der Waals surface area contributed by atoms with Crippen molar-refractivity contribution in [3.05, 3.63) is 0 Å². The number of rotatable bonds is 4. The van der Waals surface area contributed by atoms with Crippen molar-refractivity contribution in [2.75, 3.05) is 13.1 Å². The average Bonchev–Trinajstić information content (AvgIpc) is 2.93. The number of carboxylic acid groups (broad SMARTS) is 1. The number of carboxylic acids is 1. The van der Waals surface area contributed by atoms with Crippen LogP contribution in [0.15, 0.2) is 0 Å². The maximum absolute atomic E-state index is 12.4. The summed E-state index contributed by atoms with van der Waals surface area (Å²) in [5.74, 6) is -0.864. The highest BCUT2D eigenvalue weighted by atomic mass is 16.4. The molecule has 5 heteroatoms. The van der Waals surface area contributed by atoms with Gasteiger partial charge >= 0.3 is 12.0 Å². The zero-order valence-electron chi connectivity index (χ0n) is 13.2. The molecule has 2 rings (SSSR count). The van der Waals surface area contributed by atoms with E-state index in [1.807, 2.05) is 6.92 Å². The lowest BCUT2D eigenvalue weighted by Gasteiger charge is -2.38. The van der Waals surface area contributed by atoms with Gasteiger partial charge in [0.1, 0.15) is 6.04 Å². The van der Waals surface area contributed by atoms with Crippen LogP contribution in [0, 0.1) is 11.3 Å². The Morgan fingerprint density at radius 1 is 1.29 bits per heavy atom. The van der Waals surface area contributed by atoms with E-state index in [0.717, 1.165) is 19.3 Å². The molecule has 2 fully saturated rings. The third-order valence-corrected chi connectivity index (χ3v) is 5.48. The first-order chi connectivity index (χ1) is 9.99. The van der Waals surface area contributed by atoms with Crippen molar-refractivity contribution in [1.29, 1.82) is 0 Å². The van der Waals surface area contributed by atoms with Crippen LogP contribution in [0.25, 0.3) is 0 Å². The summed E-state index contributed by atoms with van der Waals surface area (Å²) in [6.07, 6.45) is 7.65. The van der Waals surface area contributed by atoms with Crippen LogP contribution in [0.4, 0.5) is 4.79 Å². The predicted octanol–water partition coefficient (Wildman–Crippen LogP) is 2.85. The normalized spacial score (nSPS) is 28.4. The van der Waals surface area contributed by atoms with Crippen LogP contribution >= 0.6 is 0 Å². The summed E-state index contributed by atoms with van der Waals surface area (Å²) in [5.41, 5.74) is 0.232. The number of carbonyl (C=O) groups excluding carboxylic acids is 1. The topological polar surface area (TPSA) is 69.6 Å². The molecule has 1 saturated heterocycles. The highest BCUT2D eigenvalue weighted by Gasteiger charge is 2.38. The van der Waals surface area contributed by atoms with Crippen LogP contribution in [0.1, 0.15) is 58.8 Å².